The number of benzene rings is 2. The Morgan fingerprint density at radius 3 is 2.38 bits per heavy atom. The van der Waals surface area contributed by atoms with E-state index in [1.165, 1.54) is 13.0 Å². The molecule has 1 atom stereocenters. The van der Waals surface area contributed by atoms with E-state index in [-0.39, 0.29) is 17.5 Å². The van der Waals surface area contributed by atoms with Crippen molar-refractivity contribution in [2.75, 3.05) is 10.6 Å². The van der Waals surface area contributed by atoms with Crippen molar-refractivity contribution < 1.29 is 22.8 Å². The first-order valence-electron chi connectivity index (χ1n) is 7.99. The Balaban J connectivity index is 1.89. The van der Waals surface area contributed by atoms with E-state index in [9.17, 15) is 22.8 Å². The highest BCUT2D eigenvalue weighted by molar-refractivity contribution is 6.06. The van der Waals surface area contributed by atoms with Crippen LogP contribution >= 0.6 is 0 Å². The SMILES string of the molecule is CC(=O)Nc1ccc(CC2(C)C(=O)Nc3cc(C(F)(F)F)ccc32)cc1. The Morgan fingerprint density at radius 2 is 1.81 bits per heavy atom. The molecule has 1 aliphatic rings. The molecule has 0 aromatic heterocycles. The molecular weight excluding hydrogens is 345 g/mol. The fraction of sp³-hybridized carbons (Fsp3) is 0.263. The third kappa shape index (κ3) is 3.29. The summed E-state index contributed by atoms with van der Waals surface area (Å²) in [5, 5.41) is 5.22. The Kier molecular flexibility index (Phi) is 4.26. The van der Waals surface area contributed by atoms with Crippen molar-refractivity contribution in [3.8, 4) is 0 Å². The molecule has 1 heterocycles. The molecule has 0 saturated carbocycles. The maximum Gasteiger partial charge on any atom is 0.416 e. The zero-order chi connectivity index (χ0) is 19.1. The number of hydrogen-bond acceptors (Lipinski definition) is 2. The molecule has 2 N–H and O–H groups in total. The zero-order valence-electron chi connectivity index (χ0n) is 14.2. The van der Waals surface area contributed by atoms with E-state index in [2.05, 4.69) is 10.6 Å². The summed E-state index contributed by atoms with van der Waals surface area (Å²) >= 11 is 0. The van der Waals surface area contributed by atoms with E-state index in [1.807, 2.05) is 0 Å². The van der Waals surface area contributed by atoms with Gasteiger partial charge in [0.25, 0.3) is 0 Å². The van der Waals surface area contributed by atoms with E-state index in [1.54, 1.807) is 31.2 Å². The summed E-state index contributed by atoms with van der Waals surface area (Å²) in [4.78, 5) is 23.5. The Hall–Kier alpha value is -2.83. The molecule has 3 rings (SSSR count). The fourth-order valence-corrected chi connectivity index (χ4v) is 3.18. The number of halogens is 3. The molecule has 136 valence electrons. The monoisotopic (exact) mass is 362 g/mol. The Labute approximate surface area is 148 Å². The lowest BCUT2D eigenvalue weighted by Crippen LogP contribution is -2.33. The van der Waals surface area contributed by atoms with Crippen LogP contribution in [-0.4, -0.2) is 11.8 Å². The van der Waals surface area contributed by atoms with Gasteiger partial charge in [0.05, 0.1) is 11.0 Å². The average molecular weight is 362 g/mol. The van der Waals surface area contributed by atoms with Gasteiger partial charge in [0.1, 0.15) is 0 Å². The quantitative estimate of drug-likeness (QED) is 0.863. The molecule has 26 heavy (non-hydrogen) atoms. The molecule has 1 unspecified atom stereocenters. The van der Waals surface area contributed by atoms with Gasteiger partial charge in [-0.15, -0.1) is 0 Å². The smallest absolute Gasteiger partial charge is 0.326 e. The van der Waals surface area contributed by atoms with Crippen LogP contribution in [0.15, 0.2) is 42.5 Å². The van der Waals surface area contributed by atoms with Crippen LogP contribution in [0.5, 0.6) is 0 Å². The molecular formula is C19H17F3N2O2. The number of hydrogen-bond donors (Lipinski definition) is 2. The summed E-state index contributed by atoms with van der Waals surface area (Å²) < 4.78 is 38.6. The molecule has 2 aromatic carbocycles. The van der Waals surface area contributed by atoms with Crippen LogP contribution in [0.2, 0.25) is 0 Å². The van der Waals surface area contributed by atoms with Crippen LogP contribution < -0.4 is 10.6 Å². The molecule has 0 radical (unpaired) electrons. The zero-order valence-corrected chi connectivity index (χ0v) is 14.2. The van der Waals surface area contributed by atoms with Crippen LogP contribution in [0.1, 0.15) is 30.5 Å². The predicted molar refractivity (Wildman–Crippen MR) is 91.9 cm³/mol. The highest BCUT2D eigenvalue weighted by atomic mass is 19.4. The minimum absolute atomic E-state index is 0.186. The second kappa shape index (κ2) is 6.16. The van der Waals surface area contributed by atoms with Gasteiger partial charge in [-0.25, -0.2) is 0 Å². The van der Waals surface area contributed by atoms with Gasteiger partial charge in [-0.1, -0.05) is 18.2 Å². The summed E-state index contributed by atoms with van der Waals surface area (Å²) in [7, 11) is 0. The van der Waals surface area contributed by atoms with E-state index in [0.717, 1.165) is 17.7 Å². The number of anilines is 2. The van der Waals surface area contributed by atoms with Gasteiger partial charge in [-0.3, -0.25) is 9.59 Å². The van der Waals surface area contributed by atoms with Crippen LogP contribution in [0, 0.1) is 0 Å². The van der Waals surface area contributed by atoms with Crippen LogP contribution in [-0.2, 0) is 27.6 Å². The fourth-order valence-electron chi connectivity index (χ4n) is 3.18. The lowest BCUT2D eigenvalue weighted by Gasteiger charge is -2.22. The van der Waals surface area contributed by atoms with Gasteiger partial charge in [0.2, 0.25) is 11.8 Å². The number of carbonyl (C=O) groups excluding carboxylic acids is 2. The Morgan fingerprint density at radius 1 is 1.15 bits per heavy atom. The van der Waals surface area contributed by atoms with Gasteiger partial charge >= 0.3 is 6.18 Å². The standard InChI is InChI=1S/C19H17F3N2O2/c1-11(25)23-14-6-3-12(4-7-14)10-18(2)15-8-5-13(19(20,21)22)9-16(15)24-17(18)26/h3-9H,10H2,1-2H3,(H,23,25)(H,24,26). The maximum atomic E-state index is 12.9. The summed E-state index contributed by atoms with van der Waals surface area (Å²) in [6.45, 7) is 3.12. The largest absolute Gasteiger partial charge is 0.416 e. The number of amides is 2. The molecule has 2 aromatic rings. The van der Waals surface area contributed by atoms with Crippen molar-refractivity contribution in [1.29, 1.82) is 0 Å². The third-order valence-electron chi connectivity index (χ3n) is 4.52. The van der Waals surface area contributed by atoms with Crippen molar-refractivity contribution in [3.05, 3.63) is 59.2 Å². The van der Waals surface area contributed by atoms with Crippen molar-refractivity contribution in [3.63, 3.8) is 0 Å². The van der Waals surface area contributed by atoms with Crippen LogP contribution in [0.25, 0.3) is 0 Å². The summed E-state index contributed by atoms with van der Waals surface area (Å²) in [5.74, 6) is -0.521. The number of alkyl halides is 3. The first kappa shape index (κ1) is 18.0. The lowest BCUT2D eigenvalue weighted by molar-refractivity contribution is -0.137. The van der Waals surface area contributed by atoms with Crippen LogP contribution in [0.3, 0.4) is 0 Å². The first-order valence-corrected chi connectivity index (χ1v) is 7.99. The number of carbonyl (C=O) groups is 2. The van der Waals surface area contributed by atoms with Crippen molar-refractivity contribution in [1.82, 2.24) is 0 Å². The van der Waals surface area contributed by atoms with E-state index < -0.39 is 17.2 Å². The minimum atomic E-state index is -4.46. The second-order valence-corrected chi connectivity index (χ2v) is 6.60. The molecule has 2 amide bonds. The highest BCUT2D eigenvalue weighted by Gasteiger charge is 2.44. The minimum Gasteiger partial charge on any atom is -0.326 e. The van der Waals surface area contributed by atoms with Crippen molar-refractivity contribution in [2.24, 2.45) is 0 Å². The van der Waals surface area contributed by atoms with Crippen LogP contribution in [0.4, 0.5) is 24.5 Å². The summed E-state index contributed by atoms with van der Waals surface area (Å²) in [6, 6.07) is 10.3. The van der Waals surface area contributed by atoms with Gasteiger partial charge in [-0.2, -0.15) is 13.2 Å². The molecule has 0 aliphatic carbocycles. The Bertz CT molecular complexity index is 875. The number of rotatable bonds is 3. The molecule has 4 nitrogen and oxygen atoms in total. The first-order chi connectivity index (χ1) is 12.1. The molecule has 0 saturated heterocycles. The maximum absolute atomic E-state index is 12.9. The summed E-state index contributed by atoms with van der Waals surface area (Å²) in [5.41, 5.74) is 0.459. The van der Waals surface area contributed by atoms with E-state index in [4.69, 9.17) is 0 Å². The van der Waals surface area contributed by atoms with E-state index in [0.29, 0.717) is 17.7 Å². The molecule has 0 bridgehead atoms. The molecule has 0 fully saturated rings. The van der Waals surface area contributed by atoms with E-state index >= 15 is 0 Å². The topological polar surface area (TPSA) is 58.2 Å². The summed E-state index contributed by atoms with van der Waals surface area (Å²) in [6.07, 6.45) is -4.13. The van der Waals surface area contributed by atoms with Gasteiger partial charge < -0.3 is 10.6 Å². The second-order valence-electron chi connectivity index (χ2n) is 6.60. The van der Waals surface area contributed by atoms with Gasteiger partial charge in [0.15, 0.2) is 0 Å². The number of fused-ring (bicyclic) bond motifs is 1. The normalized spacial score (nSPS) is 19.0. The van der Waals surface area contributed by atoms with Gasteiger partial charge in [0, 0.05) is 18.3 Å². The lowest BCUT2D eigenvalue weighted by atomic mass is 9.78. The third-order valence-corrected chi connectivity index (χ3v) is 4.52. The van der Waals surface area contributed by atoms with Crippen molar-refractivity contribution >= 4 is 23.2 Å². The van der Waals surface area contributed by atoms with Crippen molar-refractivity contribution in [2.45, 2.75) is 31.9 Å². The average Bonchev–Trinajstić information content (AvgIpc) is 2.78. The highest BCUT2D eigenvalue weighted by Crippen LogP contribution is 2.42. The number of nitrogens with one attached hydrogen (secondary N) is 2. The molecule has 0 spiro atoms. The van der Waals surface area contributed by atoms with Gasteiger partial charge in [-0.05, 0) is 48.7 Å². The molecule has 7 heteroatoms. The predicted octanol–water partition coefficient (Wildman–Crippen LogP) is 4.12. The molecule has 1 aliphatic heterocycles.